The zero-order valence-electron chi connectivity index (χ0n) is 12.3. The molecule has 0 unspecified atom stereocenters. The molecule has 0 aliphatic rings. The van der Waals surface area contributed by atoms with Crippen LogP contribution in [-0.4, -0.2) is 4.98 Å². The molecule has 0 N–H and O–H groups in total. The maximum absolute atomic E-state index is 6.35. The molecule has 116 valence electrons. The molecule has 1 aromatic heterocycles. The first-order valence-electron chi connectivity index (χ1n) is 6.95. The van der Waals surface area contributed by atoms with Gasteiger partial charge in [-0.05, 0) is 59.3 Å². The minimum absolute atomic E-state index is 0.427. The Morgan fingerprint density at radius 2 is 1.83 bits per heavy atom. The smallest absolute Gasteiger partial charge is 0.238 e. The zero-order chi connectivity index (χ0) is 16.2. The van der Waals surface area contributed by atoms with Crippen LogP contribution in [-0.2, 0) is 0 Å². The third-order valence-corrected chi connectivity index (χ3v) is 5.21. The van der Waals surface area contributed by atoms with Crippen molar-refractivity contribution in [2.24, 2.45) is 0 Å². The van der Waals surface area contributed by atoms with Crippen molar-refractivity contribution in [1.82, 2.24) is 4.98 Å². The van der Waals surface area contributed by atoms with Crippen LogP contribution < -0.4 is 4.74 Å². The Labute approximate surface area is 158 Å². The van der Waals surface area contributed by atoms with E-state index in [1.165, 1.54) is 0 Å². The van der Waals surface area contributed by atoms with Crippen molar-refractivity contribution in [3.05, 3.63) is 75.0 Å². The number of halogens is 2. The Hall–Kier alpha value is -1.24. The van der Waals surface area contributed by atoms with Crippen LogP contribution in [0.4, 0.5) is 0 Å². The Bertz CT molecular complexity index is 806. The third-order valence-electron chi connectivity index (χ3n) is 3.12. The fraction of sp³-hybridized carbons (Fsp3) is 0.0556. The highest BCUT2D eigenvalue weighted by Crippen LogP contribution is 2.35. The summed E-state index contributed by atoms with van der Waals surface area (Å²) >= 11 is 10.2. The molecule has 0 radical (unpaired) electrons. The molecule has 2 nitrogen and oxygen atoms in total. The average Bonchev–Trinajstić information content (AvgIpc) is 2.54. The van der Waals surface area contributed by atoms with Gasteiger partial charge in [-0.1, -0.05) is 53.7 Å². The number of para-hydroxylation sites is 1. The van der Waals surface area contributed by atoms with Gasteiger partial charge in [0.1, 0.15) is 10.8 Å². The second-order valence-corrected chi connectivity index (χ2v) is 7.58. The molecule has 0 saturated carbocycles. The number of nitrogens with zero attached hydrogens (tertiary/aromatic N) is 1. The SMILES string of the molecule is Cc1cccc(I)c1Oc1ncc(Sc2ccccc2)cc1Cl. The number of hydrogen-bond donors (Lipinski definition) is 0. The Balaban J connectivity index is 1.82. The summed E-state index contributed by atoms with van der Waals surface area (Å²) in [4.78, 5) is 6.50. The van der Waals surface area contributed by atoms with Crippen molar-refractivity contribution in [2.45, 2.75) is 16.7 Å². The maximum Gasteiger partial charge on any atom is 0.238 e. The number of benzene rings is 2. The Kier molecular flexibility index (Phi) is 5.46. The van der Waals surface area contributed by atoms with Crippen molar-refractivity contribution in [3.8, 4) is 11.6 Å². The van der Waals surface area contributed by atoms with Crippen molar-refractivity contribution in [3.63, 3.8) is 0 Å². The number of pyridine rings is 1. The van der Waals surface area contributed by atoms with Gasteiger partial charge in [0.15, 0.2) is 0 Å². The lowest BCUT2D eigenvalue weighted by Gasteiger charge is -2.11. The second kappa shape index (κ2) is 7.55. The van der Waals surface area contributed by atoms with Crippen molar-refractivity contribution in [1.29, 1.82) is 0 Å². The highest BCUT2D eigenvalue weighted by molar-refractivity contribution is 14.1. The van der Waals surface area contributed by atoms with Crippen molar-refractivity contribution < 1.29 is 4.74 Å². The fourth-order valence-corrected chi connectivity index (χ4v) is 3.87. The van der Waals surface area contributed by atoms with Gasteiger partial charge in [0.25, 0.3) is 0 Å². The molecule has 1 heterocycles. The Morgan fingerprint density at radius 3 is 2.52 bits per heavy atom. The lowest BCUT2D eigenvalue weighted by Crippen LogP contribution is -1.94. The molecule has 2 aromatic carbocycles. The van der Waals surface area contributed by atoms with E-state index in [1.807, 2.05) is 49.4 Å². The molecule has 23 heavy (non-hydrogen) atoms. The summed E-state index contributed by atoms with van der Waals surface area (Å²) < 4.78 is 6.95. The first-order valence-corrected chi connectivity index (χ1v) is 9.22. The fourth-order valence-electron chi connectivity index (χ4n) is 2.01. The number of ether oxygens (including phenoxy) is 1. The van der Waals surface area contributed by atoms with E-state index < -0.39 is 0 Å². The summed E-state index contributed by atoms with van der Waals surface area (Å²) in [7, 11) is 0. The van der Waals surface area contributed by atoms with E-state index in [0.29, 0.717) is 10.9 Å². The minimum Gasteiger partial charge on any atom is -0.436 e. The molecule has 0 bridgehead atoms. The maximum atomic E-state index is 6.35. The highest BCUT2D eigenvalue weighted by Gasteiger charge is 2.11. The van der Waals surface area contributed by atoms with Crippen LogP contribution in [0.5, 0.6) is 11.6 Å². The molecule has 0 aliphatic heterocycles. The van der Waals surface area contributed by atoms with Crippen LogP contribution >= 0.6 is 46.0 Å². The van der Waals surface area contributed by atoms with E-state index in [-0.39, 0.29) is 0 Å². The highest BCUT2D eigenvalue weighted by atomic mass is 127. The van der Waals surface area contributed by atoms with Gasteiger partial charge in [-0.15, -0.1) is 0 Å². The molecular formula is C18H13ClINOS. The van der Waals surface area contributed by atoms with Gasteiger partial charge in [0.2, 0.25) is 5.88 Å². The lowest BCUT2D eigenvalue weighted by atomic mass is 10.2. The zero-order valence-corrected chi connectivity index (χ0v) is 16.0. The normalized spacial score (nSPS) is 10.6. The molecular weight excluding hydrogens is 441 g/mol. The molecule has 0 aliphatic carbocycles. The van der Waals surface area contributed by atoms with E-state index in [2.05, 4.69) is 39.7 Å². The summed E-state index contributed by atoms with van der Waals surface area (Å²) in [5, 5.41) is 0.505. The molecule has 0 spiro atoms. The van der Waals surface area contributed by atoms with E-state index in [1.54, 1.807) is 18.0 Å². The van der Waals surface area contributed by atoms with Gasteiger partial charge in [-0.3, -0.25) is 0 Å². The molecule has 5 heteroatoms. The summed E-state index contributed by atoms with van der Waals surface area (Å²) in [6.45, 7) is 2.00. The van der Waals surface area contributed by atoms with Gasteiger partial charge >= 0.3 is 0 Å². The summed E-state index contributed by atoms with van der Waals surface area (Å²) in [5.74, 6) is 1.22. The first kappa shape index (κ1) is 16.6. The average molecular weight is 454 g/mol. The largest absolute Gasteiger partial charge is 0.436 e. The van der Waals surface area contributed by atoms with Crippen LogP contribution in [0.1, 0.15) is 5.56 Å². The number of hydrogen-bond acceptors (Lipinski definition) is 3. The quantitative estimate of drug-likeness (QED) is 0.416. The molecule has 3 rings (SSSR count). The first-order chi connectivity index (χ1) is 11.1. The van der Waals surface area contributed by atoms with Crippen LogP contribution in [0, 0.1) is 10.5 Å². The van der Waals surface area contributed by atoms with Crippen LogP contribution in [0.3, 0.4) is 0 Å². The van der Waals surface area contributed by atoms with Gasteiger partial charge < -0.3 is 4.74 Å². The van der Waals surface area contributed by atoms with Crippen molar-refractivity contribution in [2.75, 3.05) is 0 Å². The van der Waals surface area contributed by atoms with E-state index >= 15 is 0 Å². The molecule has 0 saturated heterocycles. The van der Waals surface area contributed by atoms with Gasteiger partial charge in [-0.2, -0.15) is 0 Å². The lowest BCUT2D eigenvalue weighted by molar-refractivity contribution is 0.456. The van der Waals surface area contributed by atoms with E-state index in [9.17, 15) is 0 Å². The predicted octanol–water partition coefficient (Wildman–Crippen LogP) is 6.59. The number of aromatic nitrogens is 1. The molecule has 0 amide bonds. The summed E-state index contributed by atoms with van der Waals surface area (Å²) in [5.41, 5.74) is 1.05. The molecule has 0 fully saturated rings. The molecule has 3 aromatic rings. The number of rotatable bonds is 4. The van der Waals surface area contributed by atoms with Crippen molar-refractivity contribution >= 4 is 46.0 Å². The topological polar surface area (TPSA) is 22.1 Å². The van der Waals surface area contributed by atoms with Crippen LogP contribution in [0.25, 0.3) is 0 Å². The Morgan fingerprint density at radius 1 is 1.04 bits per heavy atom. The summed E-state index contributed by atoms with van der Waals surface area (Å²) in [6.07, 6.45) is 1.78. The standard InChI is InChI=1S/C18H13ClINOS/c1-12-6-5-9-16(20)17(12)22-18-15(19)10-14(11-21-18)23-13-7-3-2-4-8-13/h2-11H,1H3. The monoisotopic (exact) mass is 453 g/mol. The summed E-state index contributed by atoms with van der Waals surface area (Å²) in [6, 6.07) is 18.0. The van der Waals surface area contributed by atoms with Gasteiger partial charge in [0.05, 0.1) is 3.57 Å². The van der Waals surface area contributed by atoms with Gasteiger partial charge in [-0.25, -0.2) is 4.98 Å². The predicted molar refractivity (Wildman–Crippen MR) is 104 cm³/mol. The molecule has 0 atom stereocenters. The number of aryl methyl sites for hydroxylation is 1. The van der Waals surface area contributed by atoms with Gasteiger partial charge in [0, 0.05) is 16.0 Å². The second-order valence-electron chi connectivity index (χ2n) is 4.86. The van der Waals surface area contributed by atoms with E-state index in [4.69, 9.17) is 16.3 Å². The van der Waals surface area contributed by atoms with Crippen LogP contribution in [0.15, 0.2) is 70.6 Å². The third kappa shape index (κ3) is 4.19. The minimum atomic E-state index is 0.427. The van der Waals surface area contributed by atoms with E-state index in [0.717, 1.165) is 24.7 Å². The van der Waals surface area contributed by atoms with Crippen LogP contribution in [0.2, 0.25) is 5.02 Å².